The number of aromatic nitrogens is 3. The van der Waals surface area contributed by atoms with E-state index in [1.54, 1.807) is 34.4 Å². The molecule has 168 valence electrons. The monoisotopic (exact) mass is 461 g/mol. The van der Waals surface area contributed by atoms with Crippen LogP contribution in [0.5, 0.6) is 0 Å². The standard InChI is InChI=1S/C24H23N5O3S/c1-14-25-19-8-7-18(11-20(19)26-14)28-23(30)22-12-29(9-10-32-22)24(31)17-5-3-16(4-6-17)21-13-33-15(2)27-21/h3-8,11,13,22H,9-10,12H2,1-2H3,(H,25,26)(H,28,30). The lowest BCUT2D eigenvalue weighted by Crippen LogP contribution is -2.50. The van der Waals surface area contributed by atoms with Gasteiger partial charge in [-0.05, 0) is 44.2 Å². The van der Waals surface area contributed by atoms with Gasteiger partial charge in [-0.2, -0.15) is 0 Å². The molecule has 4 aromatic rings. The average Bonchev–Trinajstić information content (AvgIpc) is 3.43. The van der Waals surface area contributed by atoms with Crippen molar-refractivity contribution in [1.29, 1.82) is 0 Å². The Morgan fingerprint density at radius 2 is 1.97 bits per heavy atom. The van der Waals surface area contributed by atoms with Gasteiger partial charge in [-0.15, -0.1) is 11.3 Å². The molecule has 0 spiro atoms. The highest BCUT2D eigenvalue weighted by molar-refractivity contribution is 7.09. The molecule has 9 heteroatoms. The van der Waals surface area contributed by atoms with E-state index in [-0.39, 0.29) is 18.4 Å². The molecule has 1 aliphatic rings. The summed E-state index contributed by atoms with van der Waals surface area (Å²) in [5, 5.41) is 5.89. The molecular weight excluding hydrogens is 438 g/mol. The van der Waals surface area contributed by atoms with E-state index in [9.17, 15) is 9.59 Å². The van der Waals surface area contributed by atoms with Crippen molar-refractivity contribution >= 4 is 39.9 Å². The number of hydrogen-bond acceptors (Lipinski definition) is 6. The second kappa shape index (κ2) is 8.76. The fourth-order valence-electron chi connectivity index (χ4n) is 3.89. The molecule has 2 amide bonds. The van der Waals surface area contributed by atoms with Crippen LogP contribution in [0.25, 0.3) is 22.3 Å². The number of rotatable bonds is 4. The number of imidazole rings is 1. The molecule has 0 saturated carbocycles. The number of anilines is 1. The third-order valence-corrected chi connectivity index (χ3v) is 6.33. The lowest BCUT2D eigenvalue weighted by molar-refractivity contribution is -0.131. The molecule has 33 heavy (non-hydrogen) atoms. The summed E-state index contributed by atoms with van der Waals surface area (Å²) in [7, 11) is 0. The number of H-pyrrole nitrogens is 1. The molecule has 2 aromatic carbocycles. The number of nitrogens with zero attached hydrogens (tertiary/aromatic N) is 3. The number of aryl methyl sites for hydroxylation is 2. The molecule has 0 aliphatic carbocycles. The van der Waals surface area contributed by atoms with Crippen LogP contribution in [0.15, 0.2) is 47.8 Å². The number of benzene rings is 2. The van der Waals surface area contributed by atoms with Crippen molar-refractivity contribution in [1.82, 2.24) is 19.9 Å². The van der Waals surface area contributed by atoms with E-state index in [0.717, 1.165) is 33.1 Å². The highest BCUT2D eigenvalue weighted by Gasteiger charge is 2.30. The summed E-state index contributed by atoms with van der Waals surface area (Å²) >= 11 is 1.59. The zero-order valence-corrected chi connectivity index (χ0v) is 19.1. The van der Waals surface area contributed by atoms with E-state index in [1.807, 2.05) is 43.5 Å². The Morgan fingerprint density at radius 3 is 2.73 bits per heavy atom. The fraction of sp³-hybridized carbons (Fsp3) is 0.250. The van der Waals surface area contributed by atoms with Crippen LogP contribution in [0.4, 0.5) is 5.69 Å². The smallest absolute Gasteiger partial charge is 0.255 e. The lowest BCUT2D eigenvalue weighted by Gasteiger charge is -2.32. The molecule has 1 unspecified atom stereocenters. The van der Waals surface area contributed by atoms with Crippen LogP contribution in [-0.4, -0.2) is 57.5 Å². The topological polar surface area (TPSA) is 100 Å². The van der Waals surface area contributed by atoms with Crippen molar-refractivity contribution < 1.29 is 14.3 Å². The SMILES string of the molecule is Cc1nc2ccc(NC(=O)C3CN(C(=O)c4ccc(-c5csc(C)n5)cc4)CCO3)cc2[nH]1. The summed E-state index contributed by atoms with van der Waals surface area (Å²) in [4.78, 5) is 39.5. The van der Waals surface area contributed by atoms with Gasteiger partial charge in [0.05, 0.1) is 34.9 Å². The van der Waals surface area contributed by atoms with Gasteiger partial charge in [0, 0.05) is 28.7 Å². The van der Waals surface area contributed by atoms with Crippen LogP contribution >= 0.6 is 11.3 Å². The van der Waals surface area contributed by atoms with Crippen molar-refractivity contribution in [2.45, 2.75) is 20.0 Å². The molecule has 1 atom stereocenters. The van der Waals surface area contributed by atoms with Gasteiger partial charge < -0.3 is 19.9 Å². The van der Waals surface area contributed by atoms with Gasteiger partial charge in [0.1, 0.15) is 5.82 Å². The largest absolute Gasteiger partial charge is 0.365 e. The Hall–Kier alpha value is -3.56. The zero-order chi connectivity index (χ0) is 22.9. The average molecular weight is 462 g/mol. The van der Waals surface area contributed by atoms with E-state index >= 15 is 0 Å². The maximum atomic E-state index is 13.0. The first-order valence-corrected chi connectivity index (χ1v) is 11.5. The van der Waals surface area contributed by atoms with Crippen LogP contribution < -0.4 is 5.32 Å². The van der Waals surface area contributed by atoms with Gasteiger partial charge in [0.25, 0.3) is 11.8 Å². The van der Waals surface area contributed by atoms with Crippen molar-refractivity contribution in [3.63, 3.8) is 0 Å². The summed E-state index contributed by atoms with van der Waals surface area (Å²) in [6.07, 6.45) is -0.737. The number of carbonyl (C=O) groups excluding carboxylic acids is 2. The molecular formula is C24H23N5O3S. The van der Waals surface area contributed by atoms with Gasteiger partial charge in [-0.25, -0.2) is 9.97 Å². The van der Waals surface area contributed by atoms with Crippen LogP contribution in [0.3, 0.4) is 0 Å². The van der Waals surface area contributed by atoms with E-state index in [4.69, 9.17) is 4.74 Å². The lowest BCUT2D eigenvalue weighted by atomic mass is 10.1. The van der Waals surface area contributed by atoms with Crippen LogP contribution in [0.1, 0.15) is 21.2 Å². The normalized spacial score (nSPS) is 16.2. The second-order valence-electron chi connectivity index (χ2n) is 7.98. The molecule has 1 saturated heterocycles. The highest BCUT2D eigenvalue weighted by atomic mass is 32.1. The molecule has 1 fully saturated rings. The van der Waals surface area contributed by atoms with E-state index < -0.39 is 6.10 Å². The number of morpholine rings is 1. The number of hydrogen-bond donors (Lipinski definition) is 2. The van der Waals surface area contributed by atoms with Crippen LogP contribution in [0, 0.1) is 13.8 Å². The quantitative estimate of drug-likeness (QED) is 0.482. The van der Waals surface area contributed by atoms with E-state index in [1.165, 1.54) is 0 Å². The second-order valence-corrected chi connectivity index (χ2v) is 9.05. The zero-order valence-electron chi connectivity index (χ0n) is 18.3. The highest BCUT2D eigenvalue weighted by Crippen LogP contribution is 2.23. The Labute approximate surface area is 194 Å². The van der Waals surface area contributed by atoms with E-state index in [0.29, 0.717) is 24.4 Å². The number of amides is 2. The number of ether oxygens (including phenoxy) is 1. The Morgan fingerprint density at radius 1 is 1.15 bits per heavy atom. The minimum atomic E-state index is -0.737. The number of fused-ring (bicyclic) bond motifs is 1. The summed E-state index contributed by atoms with van der Waals surface area (Å²) in [6, 6.07) is 12.9. The minimum Gasteiger partial charge on any atom is -0.365 e. The summed E-state index contributed by atoms with van der Waals surface area (Å²) in [5.74, 6) is 0.414. The van der Waals surface area contributed by atoms with Gasteiger partial charge in [0.15, 0.2) is 6.10 Å². The number of aromatic amines is 1. The number of nitrogens with one attached hydrogen (secondary N) is 2. The van der Waals surface area contributed by atoms with Crippen molar-refractivity contribution in [2.75, 3.05) is 25.0 Å². The van der Waals surface area contributed by atoms with Crippen LogP contribution in [-0.2, 0) is 9.53 Å². The predicted octanol–water partition coefficient (Wildman–Crippen LogP) is 3.78. The summed E-state index contributed by atoms with van der Waals surface area (Å²) < 4.78 is 5.67. The van der Waals surface area contributed by atoms with Gasteiger partial charge >= 0.3 is 0 Å². The van der Waals surface area contributed by atoms with Crippen molar-refractivity contribution in [3.8, 4) is 11.3 Å². The molecule has 8 nitrogen and oxygen atoms in total. The molecule has 0 bridgehead atoms. The fourth-order valence-corrected chi connectivity index (χ4v) is 4.51. The number of thiazole rings is 1. The molecule has 3 heterocycles. The third-order valence-electron chi connectivity index (χ3n) is 5.56. The Balaban J connectivity index is 1.24. The summed E-state index contributed by atoms with van der Waals surface area (Å²) in [6.45, 7) is 4.79. The first kappa shape index (κ1) is 21.3. The van der Waals surface area contributed by atoms with Gasteiger partial charge in [-0.1, -0.05) is 12.1 Å². The van der Waals surface area contributed by atoms with Gasteiger partial charge in [-0.3, -0.25) is 9.59 Å². The van der Waals surface area contributed by atoms with Crippen molar-refractivity contribution in [2.24, 2.45) is 0 Å². The summed E-state index contributed by atoms with van der Waals surface area (Å²) in [5.41, 5.74) is 4.79. The van der Waals surface area contributed by atoms with Crippen LogP contribution in [0.2, 0.25) is 0 Å². The molecule has 2 N–H and O–H groups in total. The Kier molecular flexibility index (Phi) is 5.65. The molecule has 1 aliphatic heterocycles. The molecule has 2 aromatic heterocycles. The molecule has 0 radical (unpaired) electrons. The number of carbonyl (C=O) groups is 2. The minimum absolute atomic E-state index is 0.119. The maximum absolute atomic E-state index is 13.0. The van der Waals surface area contributed by atoms with Gasteiger partial charge in [0.2, 0.25) is 0 Å². The first-order valence-electron chi connectivity index (χ1n) is 10.7. The maximum Gasteiger partial charge on any atom is 0.255 e. The first-order chi connectivity index (χ1) is 16.0. The predicted molar refractivity (Wildman–Crippen MR) is 127 cm³/mol. The van der Waals surface area contributed by atoms with E-state index in [2.05, 4.69) is 20.3 Å². The molecule has 5 rings (SSSR count). The Bertz CT molecular complexity index is 1330. The third kappa shape index (κ3) is 4.50. The van der Waals surface area contributed by atoms with Crippen molar-refractivity contribution in [3.05, 3.63) is 64.2 Å².